The molecule has 1 N–H and O–H groups in total. The molecule has 2 aromatic carbocycles. The molecule has 3 rings (SSSR count). The molecule has 1 aromatic heterocycles. The third kappa shape index (κ3) is 4.64. The number of allylic oxidation sites excluding steroid dienone is 1. The molecule has 0 radical (unpaired) electrons. The van der Waals surface area contributed by atoms with Gasteiger partial charge in [-0.05, 0) is 25.1 Å². The van der Waals surface area contributed by atoms with Gasteiger partial charge in [0.25, 0.3) is 0 Å². The van der Waals surface area contributed by atoms with Crippen LogP contribution in [0.5, 0.6) is 0 Å². The molecule has 1 heterocycles. The monoisotopic (exact) mass is 400 g/mol. The number of aromatic nitrogens is 3. The molecular formula is C20H18F2N4OS. The average Bonchev–Trinajstić information content (AvgIpc) is 3.06. The molecule has 0 atom stereocenters. The maximum Gasteiger partial charge on any atom is 0.234 e. The molecule has 3 aromatic rings. The Morgan fingerprint density at radius 2 is 2.04 bits per heavy atom. The minimum atomic E-state index is -1.01. The van der Waals surface area contributed by atoms with Crippen molar-refractivity contribution in [3.63, 3.8) is 0 Å². The van der Waals surface area contributed by atoms with Crippen LogP contribution >= 0.6 is 11.8 Å². The van der Waals surface area contributed by atoms with Crippen molar-refractivity contribution >= 4 is 23.4 Å². The number of carbonyl (C=O) groups is 1. The van der Waals surface area contributed by atoms with Gasteiger partial charge in [-0.2, -0.15) is 0 Å². The van der Waals surface area contributed by atoms with Crippen LogP contribution in [-0.2, 0) is 11.3 Å². The molecule has 5 nitrogen and oxygen atoms in total. The number of halogens is 2. The van der Waals surface area contributed by atoms with Crippen molar-refractivity contribution in [3.05, 3.63) is 72.3 Å². The summed E-state index contributed by atoms with van der Waals surface area (Å²) < 4.78 is 28.1. The first-order chi connectivity index (χ1) is 13.5. The van der Waals surface area contributed by atoms with Crippen molar-refractivity contribution in [1.29, 1.82) is 0 Å². The van der Waals surface area contributed by atoms with Crippen LogP contribution in [0.25, 0.3) is 11.4 Å². The highest BCUT2D eigenvalue weighted by atomic mass is 32.2. The second kappa shape index (κ2) is 8.79. The topological polar surface area (TPSA) is 59.8 Å². The maximum absolute atomic E-state index is 13.2. The third-order valence-corrected chi connectivity index (χ3v) is 4.81. The van der Waals surface area contributed by atoms with E-state index in [2.05, 4.69) is 22.1 Å². The summed E-state index contributed by atoms with van der Waals surface area (Å²) in [5, 5.41) is 11.5. The van der Waals surface area contributed by atoms with E-state index < -0.39 is 11.6 Å². The van der Waals surface area contributed by atoms with Gasteiger partial charge in [0.05, 0.1) is 5.75 Å². The highest BCUT2D eigenvalue weighted by molar-refractivity contribution is 7.99. The Kier molecular flexibility index (Phi) is 6.20. The number of nitrogens with one attached hydrogen (secondary N) is 1. The van der Waals surface area contributed by atoms with Crippen molar-refractivity contribution < 1.29 is 13.6 Å². The molecule has 28 heavy (non-hydrogen) atoms. The van der Waals surface area contributed by atoms with E-state index in [0.717, 1.165) is 23.3 Å². The van der Waals surface area contributed by atoms with Crippen LogP contribution in [0.3, 0.4) is 0 Å². The number of hydrogen-bond acceptors (Lipinski definition) is 4. The predicted molar refractivity (Wildman–Crippen MR) is 106 cm³/mol. The Labute approximate surface area is 165 Å². The summed E-state index contributed by atoms with van der Waals surface area (Å²) in [4.78, 5) is 12.1. The largest absolute Gasteiger partial charge is 0.325 e. The smallest absolute Gasteiger partial charge is 0.234 e. The van der Waals surface area contributed by atoms with E-state index in [9.17, 15) is 13.6 Å². The Hall–Kier alpha value is -3.00. The summed E-state index contributed by atoms with van der Waals surface area (Å²) in [5.74, 6) is -1.61. The predicted octanol–water partition coefficient (Wildman–Crippen LogP) is 4.45. The summed E-state index contributed by atoms with van der Waals surface area (Å²) in [5.41, 5.74) is 2.22. The Morgan fingerprint density at radius 1 is 1.21 bits per heavy atom. The molecule has 0 aliphatic carbocycles. The molecule has 0 saturated carbocycles. The van der Waals surface area contributed by atoms with E-state index in [0.29, 0.717) is 17.5 Å². The zero-order valence-electron chi connectivity index (χ0n) is 15.2. The van der Waals surface area contributed by atoms with Crippen LogP contribution < -0.4 is 5.32 Å². The number of hydrogen-bond donors (Lipinski definition) is 1. The van der Waals surface area contributed by atoms with E-state index in [4.69, 9.17) is 0 Å². The SMILES string of the molecule is C=CCn1c(SCC(=O)Nc2ccc(F)c(F)c2)nnc1-c1cccc(C)c1. The number of carbonyl (C=O) groups excluding carboxylic acids is 1. The van der Waals surface area contributed by atoms with E-state index in [1.54, 1.807) is 6.08 Å². The molecule has 0 aliphatic heterocycles. The number of amides is 1. The lowest BCUT2D eigenvalue weighted by molar-refractivity contribution is -0.113. The summed E-state index contributed by atoms with van der Waals surface area (Å²) in [6, 6.07) is 11.1. The van der Waals surface area contributed by atoms with Gasteiger partial charge in [-0.3, -0.25) is 9.36 Å². The second-order valence-corrected chi connectivity index (χ2v) is 6.98. The fourth-order valence-corrected chi connectivity index (χ4v) is 3.34. The lowest BCUT2D eigenvalue weighted by atomic mass is 10.1. The molecule has 0 aliphatic rings. The van der Waals surface area contributed by atoms with E-state index >= 15 is 0 Å². The van der Waals surface area contributed by atoms with Gasteiger partial charge in [0, 0.05) is 23.9 Å². The van der Waals surface area contributed by atoms with Crippen LogP contribution in [0, 0.1) is 18.6 Å². The lowest BCUT2D eigenvalue weighted by Crippen LogP contribution is -2.15. The minimum Gasteiger partial charge on any atom is -0.325 e. The van der Waals surface area contributed by atoms with Crippen LogP contribution in [0.4, 0.5) is 14.5 Å². The molecule has 8 heteroatoms. The minimum absolute atomic E-state index is 0.0437. The van der Waals surface area contributed by atoms with Crippen LogP contribution in [0.15, 0.2) is 60.3 Å². The van der Waals surface area contributed by atoms with Crippen molar-refractivity contribution in [2.75, 3.05) is 11.1 Å². The molecular weight excluding hydrogens is 382 g/mol. The number of rotatable bonds is 7. The van der Waals surface area contributed by atoms with E-state index in [1.807, 2.05) is 35.8 Å². The fraction of sp³-hybridized carbons (Fsp3) is 0.150. The normalized spacial score (nSPS) is 10.7. The Morgan fingerprint density at radius 3 is 2.75 bits per heavy atom. The highest BCUT2D eigenvalue weighted by Crippen LogP contribution is 2.25. The highest BCUT2D eigenvalue weighted by Gasteiger charge is 2.15. The van der Waals surface area contributed by atoms with Crippen molar-refractivity contribution in [1.82, 2.24) is 14.8 Å². The molecule has 144 valence electrons. The number of benzene rings is 2. The first kappa shape index (κ1) is 19.8. The summed E-state index contributed by atoms with van der Waals surface area (Å²) in [6.07, 6.45) is 1.73. The quantitative estimate of drug-likeness (QED) is 0.470. The summed E-state index contributed by atoms with van der Waals surface area (Å²) in [7, 11) is 0. The zero-order valence-corrected chi connectivity index (χ0v) is 16.0. The van der Waals surface area contributed by atoms with Gasteiger partial charge in [0.1, 0.15) is 0 Å². The van der Waals surface area contributed by atoms with Gasteiger partial charge in [0.2, 0.25) is 5.91 Å². The first-order valence-corrected chi connectivity index (χ1v) is 9.45. The van der Waals surface area contributed by atoms with Crippen LogP contribution in [0.1, 0.15) is 5.56 Å². The second-order valence-electron chi connectivity index (χ2n) is 6.04. The van der Waals surface area contributed by atoms with Crippen molar-refractivity contribution in [3.8, 4) is 11.4 Å². The van der Waals surface area contributed by atoms with Gasteiger partial charge in [-0.1, -0.05) is 41.6 Å². The lowest BCUT2D eigenvalue weighted by Gasteiger charge is -2.09. The van der Waals surface area contributed by atoms with Gasteiger partial charge in [0.15, 0.2) is 22.6 Å². The zero-order chi connectivity index (χ0) is 20.1. The Balaban J connectivity index is 1.72. The Bertz CT molecular complexity index is 1020. The van der Waals surface area contributed by atoms with Gasteiger partial charge in [-0.25, -0.2) is 8.78 Å². The molecule has 0 spiro atoms. The molecule has 0 bridgehead atoms. The van der Waals surface area contributed by atoms with Gasteiger partial charge >= 0.3 is 0 Å². The first-order valence-electron chi connectivity index (χ1n) is 8.46. The number of nitrogens with zero attached hydrogens (tertiary/aromatic N) is 3. The number of thioether (sulfide) groups is 1. The van der Waals surface area contributed by atoms with Gasteiger partial charge in [-0.15, -0.1) is 16.8 Å². The standard InChI is InChI=1S/C20H18F2N4OS/c1-3-9-26-19(14-6-4-5-13(2)10-14)24-25-20(26)28-12-18(27)23-15-7-8-16(21)17(22)11-15/h3-8,10-11H,1,9,12H2,2H3,(H,23,27). The fourth-order valence-electron chi connectivity index (χ4n) is 2.59. The average molecular weight is 400 g/mol. The van der Waals surface area contributed by atoms with Crippen molar-refractivity contribution in [2.45, 2.75) is 18.6 Å². The van der Waals surface area contributed by atoms with Crippen molar-refractivity contribution in [2.24, 2.45) is 0 Å². The maximum atomic E-state index is 13.2. The van der Waals surface area contributed by atoms with E-state index in [-0.39, 0.29) is 17.3 Å². The van der Waals surface area contributed by atoms with E-state index in [1.165, 1.54) is 17.8 Å². The van der Waals surface area contributed by atoms with Gasteiger partial charge < -0.3 is 5.32 Å². The number of aryl methyl sites for hydroxylation is 1. The summed E-state index contributed by atoms with van der Waals surface area (Å²) >= 11 is 1.20. The molecule has 0 fully saturated rings. The molecule has 1 amide bonds. The molecule has 0 saturated heterocycles. The molecule has 0 unspecified atom stereocenters. The summed E-state index contributed by atoms with van der Waals surface area (Å²) in [6.45, 7) is 6.25. The van der Waals surface area contributed by atoms with Crippen LogP contribution in [0.2, 0.25) is 0 Å². The van der Waals surface area contributed by atoms with Crippen LogP contribution in [-0.4, -0.2) is 26.4 Å². The number of anilines is 1. The third-order valence-electron chi connectivity index (χ3n) is 3.84.